The predicted octanol–water partition coefficient (Wildman–Crippen LogP) is 4.30. The zero-order valence-corrected chi connectivity index (χ0v) is 18.1. The fourth-order valence-electron chi connectivity index (χ4n) is 3.79. The van der Waals surface area contributed by atoms with Gasteiger partial charge in [0.05, 0.1) is 15.5 Å². The minimum Gasteiger partial charge on any atom is -0.322 e. The number of hydrogen-bond acceptors (Lipinski definition) is 5. The second kappa shape index (κ2) is 8.43. The number of nitro benzene ring substituents is 1. The smallest absolute Gasteiger partial charge is 0.272 e. The van der Waals surface area contributed by atoms with Crippen LogP contribution in [0.5, 0.6) is 0 Å². The molecule has 8 nitrogen and oxygen atoms in total. The number of aryl methyl sites for hydroxylation is 2. The Kier molecular flexibility index (Phi) is 5.67. The van der Waals surface area contributed by atoms with Crippen LogP contribution < -0.4 is 9.62 Å². The normalized spacial score (nSPS) is 13.3. The first-order chi connectivity index (χ1) is 15.3. The van der Waals surface area contributed by atoms with Gasteiger partial charge in [0.2, 0.25) is 0 Å². The number of hydrogen-bond donors (Lipinski definition) is 1. The fraction of sp³-hybridized carbons (Fsp3) is 0.174. The van der Waals surface area contributed by atoms with Crippen LogP contribution >= 0.6 is 0 Å². The number of nitrogens with one attached hydrogen (secondary N) is 1. The monoisotopic (exact) mass is 451 g/mol. The summed E-state index contributed by atoms with van der Waals surface area (Å²) in [6, 6.07) is 17.6. The van der Waals surface area contributed by atoms with Crippen LogP contribution in [0.1, 0.15) is 27.9 Å². The third-order valence-electron chi connectivity index (χ3n) is 5.41. The minimum atomic E-state index is -3.73. The summed E-state index contributed by atoms with van der Waals surface area (Å²) in [6.45, 7) is 1.92. The van der Waals surface area contributed by atoms with E-state index in [1.165, 1.54) is 22.5 Å². The lowest BCUT2D eigenvalue weighted by molar-refractivity contribution is -0.385. The van der Waals surface area contributed by atoms with Crippen molar-refractivity contribution in [3.8, 4) is 0 Å². The molecule has 0 unspecified atom stereocenters. The summed E-state index contributed by atoms with van der Waals surface area (Å²) in [5.41, 5.74) is 2.47. The molecule has 0 atom stereocenters. The van der Waals surface area contributed by atoms with Crippen LogP contribution in [0.15, 0.2) is 71.6 Å². The zero-order valence-electron chi connectivity index (χ0n) is 17.3. The maximum absolute atomic E-state index is 13.2. The van der Waals surface area contributed by atoms with Gasteiger partial charge in [0.15, 0.2) is 0 Å². The Morgan fingerprint density at radius 3 is 2.50 bits per heavy atom. The second-order valence-electron chi connectivity index (χ2n) is 7.55. The number of fused-ring (bicyclic) bond motifs is 1. The van der Waals surface area contributed by atoms with E-state index in [1.807, 2.05) is 6.07 Å². The highest BCUT2D eigenvalue weighted by Gasteiger charge is 2.29. The number of nitrogens with zero attached hydrogens (tertiary/aromatic N) is 2. The average Bonchev–Trinajstić information content (AvgIpc) is 2.78. The number of sulfonamides is 1. The molecule has 0 bridgehead atoms. The van der Waals surface area contributed by atoms with Crippen molar-refractivity contribution in [1.29, 1.82) is 0 Å². The van der Waals surface area contributed by atoms with E-state index in [0.717, 1.165) is 12.0 Å². The van der Waals surface area contributed by atoms with Gasteiger partial charge in [-0.1, -0.05) is 24.3 Å². The van der Waals surface area contributed by atoms with Gasteiger partial charge in [-0.3, -0.25) is 19.2 Å². The number of carbonyl (C=O) groups excluding carboxylic acids is 1. The van der Waals surface area contributed by atoms with Gasteiger partial charge in [-0.05, 0) is 61.7 Å². The van der Waals surface area contributed by atoms with Gasteiger partial charge in [-0.2, -0.15) is 0 Å². The summed E-state index contributed by atoms with van der Waals surface area (Å²) in [5, 5.41) is 13.8. The number of amides is 1. The molecule has 1 amide bonds. The van der Waals surface area contributed by atoms with Crippen LogP contribution in [0.25, 0.3) is 0 Å². The first-order valence-electron chi connectivity index (χ1n) is 10.0. The largest absolute Gasteiger partial charge is 0.322 e. The Labute approximate surface area is 185 Å². The lowest BCUT2D eigenvalue weighted by atomic mass is 10.0. The molecule has 1 N–H and O–H groups in total. The quantitative estimate of drug-likeness (QED) is 0.459. The molecule has 0 aliphatic carbocycles. The Morgan fingerprint density at radius 2 is 1.81 bits per heavy atom. The van der Waals surface area contributed by atoms with E-state index >= 15 is 0 Å². The highest BCUT2D eigenvalue weighted by molar-refractivity contribution is 7.92. The first-order valence-corrected chi connectivity index (χ1v) is 11.5. The second-order valence-corrected chi connectivity index (χ2v) is 9.41. The maximum Gasteiger partial charge on any atom is 0.272 e. The van der Waals surface area contributed by atoms with Crippen LogP contribution in [0.2, 0.25) is 0 Å². The van der Waals surface area contributed by atoms with E-state index in [4.69, 9.17) is 0 Å². The number of nitro groups is 1. The van der Waals surface area contributed by atoms with Crippen LogP contribution in [0, 0.1) is 17.0 Å². The van der Waals surface area contributed by atoms with Crippen molar-refractivity contribution in [2.45, 2.75) is 24.7 Å². The molecule has 9 heteroatoms. The SMILES string of the molecule is Cc1cc(C(=O)Nc2ccc3c(c2)N(S(=O)(=O)c2ccccc2)CCC3)ccc1[N+](=O)[O-]. The number of benzene rings is 3. The Morgan fingerprint density at radius 1 is 1.06 bits per heavy atom. The summed E-state index contributed by atoms with van der Waals surface area (Å²) in [7, 11) is -3.73. The minimum absolute atomic E-state index is 0.0582. The van der Waals surface area contributed by atoms with E-state index in [1.54, 1.807) is 49.4 Å². The van der Waals surface area contributed by atoms with E-state index in [9.17, 15) is 23.3 Å². The summed E-state index contributed by atoms with van der Waals surface area (Å²) in [4.78, 5) is 23.4. The van der Waals surface area contributed by atoms with Gasteiger partial charge in [0.1, 0.15) is 0 Å². The molecule has 4 rings (SSSR count). The average molecular weight is 452 g/mol. The van der Waals surface area contributed by atoms with Gasteiger partial charge in [0.25, 0.3) is 21.6 Å². The summed E-state index contributed by atoms with van der Waals surface area (Å²) in [5.74, 6) is -0.434. The van der Waals surface area contributed by atoms with Crippen molar-refractivity contribution in [2.75, 3.05) is 16.2 Å². The molecule has 0 spiro atoms. The third-order valence-corrected chi connectivity index (χ3v) is 7.23. The molecule has 32 heavy (non-hydrogen) atoms. The molecule has 3 aromatic carbocycles. The highest BCUT2D eigenvalue weighted by Crippen LogP contribution is 2.34. The van der Waals surface area contributed by atoms with E-state index in [2.05, 4.69) is 5.32 Å². The molecule has 0 fully saturated rings. The van der Waals surface area contributed by atoms with Crippen LogP contribution in [-0.2, 0) is 16.4 Å². The molecule has 1 heterocycles. The summed E-state index contributed by atoms with van der Waals surface area (Å²) >= 11 is 0. The van der Waals surface area contributed by atoms with Crippen molar-refractivity contribution in [2.24, 2.45) is 0 Å². The number of rotatable bonds is 5. The van der Waals surface area contributed by atoms with Crippen molar-refractivity contribution < 1.29 is 18.1 Å². The molecular formula is C23H21N3O5S. The molecule has 3 aromatic rings. The molecule has 0 aromatic heterocycles. The topological polar surface area (TPSA) is 110 Å². The van der Waals surface area contributed by atoms with Crippen molar-refractivity contribution in [1.82, 2.24) is 0 Å². The first kappa shape index (κ1) is 21.5. The predicted molar refractivity (Wildman–Crippen MR) is 122 cm³/mol. The third kappa shape index (κ3) is 4.06. The van der Waals surface area contributed by atoms with Gasteiger partial charge in [-0.15, -0.1) is 0 Å². The molecule has 0 radical (unpaired) electrons. The van der Waals surface area contributed by atoms with Crippen LogP contribution in [0.3, 0.4) is 0 Å². The highest BCUT2D eigenvalue weighted by atomic mass is 32.2. The Hall–Kier alpha value is -3.72. The van der Waals surface area contributed by atoms with Gasteiger partial charge >= 0.3 is 0 Å². The maximum atomic E-state index is 13.2. The van der Waals surface area contributed by atoms with Gasteiger partial charge in [-0.25, -0.2) is 8.42 Å². The molecule has 1 aliphatic heterocycles. The van der Waals surface area contributed by atoms with Crippen molar-refractivity contribution in [3.63, 3.8) is 0 Å². The molecular weight excluding hydrogens is 430 g/mol. The summed E-state index contributed by atoms with van der Waals surface area (Å²) < 4.78 is 27.8. The number of carbonyl (C=O) groups is 1. The van der Waals surface area contributed by atoms with Crippen molar-refractivity contribution in [3.05, 3.63) is 93.5 Å². The molecule has 1 aliphatic rings. The molecule has 164 valence electrons. The molecule has 0 saturated heterocycles. The zero-order chi connectivity index (χ0) is 22.9. The lowest BCUT2D eigenvalue weighted by Crippen LogP contribution is -2.35. The molecule has 0 saturated carbocycles. The van der Waals surface area contributed by atoms with Crippen molar-refractivity contribution >= 4 is 33.0 Å². The fourth-order valence-corrected chi connectivity index (χ4v) is 5.35. The van der Waals surface area contributed by atoms with E-state index in [-0.39, 0.29) is 16.1 Å². The van der Waals surface area contributed by atoms with Crippen LogP contribution in [0.4, 0.5) is 17.1 Å². The van der Waals surface area contributed by atoms with E-state index < -0.39 is 20.9 Å². The number of anilines is 2. The van der Waals surface area contributed by atoms with Crippen LogP contribution in [-0.4, -0.2) is 25.8 Å². The van der Waals surface area contributed by atoms with Gasteiger partial charge in [0, 0.05) is 29.4 Å². The standard InChI is InChI=1S/C23H21N3O5S/c1-16-14-18(10-12-21(16)26(28)29)23(27)24-19-11-9-17-6-5-13-25(22(17)15-19)32(30,31)20-7-3-2-4-8-20/h2-4,7-12,14-15H,5-6,13H2,1H3,(H,24,27). The summed E-state index contributed by atoms with van der Waals surface area (Å²) in [6.07, 6.45) is 1.44. The van der Waals surface area contributed by atoms with Gasteiger partial charge < -0.3 is 5.32 Å². The Bertz CT molecular complexity index is 1310. The Balaban J connectivity index is 1.63. The van der Waals surface area contributed by atoms with E-state index in [0.29, 0.717) is 29.9 Å². The lowest BCUT2D eigenvalue weighted by Gasteiger charge is -2.31.